The van der Waals surface area contributed by atoms with Crippen molar-refractivity contribution in [2.24, 2.45) is 13.0 Å². The maximum Gasteiger partial charge on any atom is 0.257 e. The molecule has 0 atom stereocenters. The summed E-state index contributed by atoms with van der Waals surface area (Å²) in [5.74, 6) is 1.26. The van der Waals surface area contributed by atoms with E-state index in [1.165, 1.54) is 4.88 Å². The molecule has 0 saturated heterocycles. The fraction of sp³-hybridized carbons (Fsp3) is 0.500. The first-order chi connectivity index (χ1) is 9.92. The molecule has 2 aromatic rings. The molecular formula is C16H23N3OS. The first kappa shape index (κ1) is 15.8. The van der Waals surface area contributed by atoms with Gasteiger partial charge in [0, 0.05) is 23.4 Å². The smallest absolute Gasteiger partial charge is 0.257 e. The van der Waals surface area contributed by atoms with E-state index in [1.807, 2.05) is 18.5 Å². The van der Waals surface area contributed by atoms with Crippen molar-refractivity contribution in [3.63, 3.8) is 0 Å². The number of carbonyl (C=O) groups excluding carboxylic acids is 1. The molecule has 0 fully saturated rings. The monoisotopic (exact) mass is 305 g/mol. The van der Waals surface area contributed by atoms with Gasteiger partial charge in [-0.1, -0.05) is 20.8 Å². The van der Waals surface area contributed by atoms with Gasteiger partial charge in [-0.05, 0) is 31.2 Å². The fourth-order valence-corrected chi connectivity index (χ4v) is 3.39. The number of rotatable bonds is 5. The third kappa shape index (κ3) is 3.53. The summed E-state index contributed by atoms with van der Waals surface area (Å²) in [7, 11) is 1.86. The number of hydrogen-bond donors (Lipinski definition) is 1. The van der Waals surface area contributed by atoms with Crippen molar-refractivity contribution in [1.29, 1.82) is 0 Å². The molecule has 0 saturated carbocycles. The summed E-state index contributed by atoms with van der Waals surface area (Å²) in [6, 6.07) is 1.96. The van der Waals surface area contributed by atoms with E-state index in [-0.39, 0.29) is 5.91 Å². The minimum atomic E-state index is -0.0460. The molecule has 2 aromatic heterocycles. The summed E-state index contributed by atoms with van der Waals surface area (Å²) < 4.78 is 1.74. The zero-order valence-electron chi connectivity index (χ0n) is 13.4. The molecule has 2 rings (SSSR count). The van der Waals surface area contributed by atoms with E-state index in [4.69, 9.17) is 0 Å². The molecule has 0 aromatic carbocycles. The molecule has 0 aliphatic heterocycles. The summed E-state index contributed by atoms with van der Waals surface area (Å²) in [4.78, 5) is 13.7. The predicted octanol–water partition coefficient (Wildman–Crippen LogP) is 3.80. The highest BCUT2D eigenvalue weighted by Crippen LogP contribution is 2.23. The van der Waals surface area contributed by atoms with Crippen molar-refractivity contribution in [3.05, 3.63) is 33.1 Å². The van der Waals surface area contributed by atoms with Gasteiger partial charge in [0.25, 0.3) is 5.91 Å². The molecule has 0 unspecified atom stereocenters. The van der Waals surface area contributed by atoms with Crippen LogP contribution in [0.25, 0.3) is 0 Å². The number of aryl methyl sites for hydroxylation is 2. The van der Waals surface area contributed by atoms with E-state index in [2.05, 4.69) is 38.1 Å². The Balaban J connectivity index is 2.17. The Morgan fingerprint density at radius 1 is 1.48 bits per heavy atom. The second kappa shape index (κ2) is 6.43. The van der Waals surface area contributed by atoms with Crippen LogP contribution in [0, 0.1) is 12.8 Å². The largest absolute Gasteiger partial charge is 0.307 e. The van der Waals surface area contributed by atoms with Gasteiger partial charge >= 0.3 is 0 Å². The van der Waals surface area contributed by atoms with Crippen LogP contribution in [0.4, 0.5) is 5.82 Å². The minimum absolute atomic E-state index is 0.0460. The van der Waals surface area contributed by atoms with Crippen LogP contribution in [0.2, 0.25) is 0 Å². The lowest BCUT2D eigenvalue weighted by Gasteiger charge is -2.06. The van der Waals surface area contributed by atoms with E-state index in [0.717, 1.165) is 35.5 Å². The van der Waals surface area contributed by atoms with Gasteiger partial charge in [-0.15, -0.1) is 11.3 Å². The van der Waals surface area contributed by atoms with Crippen molar-refractivity contribution >= 4 is 23.1 Å². The average molecular weight is 305 g/mol. The molecular weight excluding hydrogens is 282 g/mol. The summed E-state index contributed by atoms with van der Waals surface area (Å²) in [6.07, 6.45) is 1.80. The predicted molar refractivity (Wildman–Crippen MR) is 88.1 cm³/mol. The van der Waals surface area contributed by atoms with Gasteiger partial charge < -0.3 is 5.32 Å². The third-order valence-corrected chi connectivity index (χ3v) is 4.44. The molecule has 2 heterocycles. The van der Waals surface area contributed by atoms with E-state index in [9.17, 15) is 4.79 Å². The van der Waals surface area contributed by atoms with Gasteiger partial charge in [0.1, 0.15) is 5.82 Å². The molecule has 1 amide bonds. The molecule has 0 aliphatic carbocycles. The number of carbonyl (C=O) groups is 1. The first-order valence-corrected chi connectivity index (χ1v) is 8.21. The van der Waals surface area contributed by atoms with Gasteiger partial charge in [-0.25, -0.2) is 0 Å². The highest BCUT2D eigenvalue weighted by Gasteiger charge is 2.16. The Morgan fingerprint density at radius 2 is 2.19 bits per heavy atom. The topological polar surface area (TPSA) is 46.9 Å². The van der Waals surface area contributed by atoms with E-state index in [1.54, 1.807) is 16.0 Å². The van der Waals surface area contributed by atoms with Crippen LogP contribution < -0.4 is 5.32 Å². The summed E-state index contributed by atoms with van der Waals surface area (Å²) in [6.45, 7) is 8.46. The quantitative estimate of drug-likeness (QED) is 0.913. The zero-order valence-corrected chi connectivity index (χ0v) is 14.2. The number of hydrogen-bond acceptors (Lipinski definition) is 3. The molecule has 0 spiro atoms. The maximum atomic E-state index is 12.4. The highest BCUT2D eigenvalue weighted by molar-refractivity contribution is 7.10. The van der Waals surface area contributed by atoms with Crippen molar-refractivity contribution in [3.8, 4) is 0 Å². The average Bonchev–Trinajstić information content (AvgIpc) is 2.92. The Labute approximate surface area is 130 Å². The first-order valence-electron chi connectivity index (χ1n) is 7.33. The second-order valence-corrected chi connectivity index (χ2v) is 6.82. The fourth-order valence-electron chi connectivity index (χ4n) is 2.45. The highest BCUT2D eigenvalue weighted by atomic mass is 32.1. The Bertz CT molecular complexity index is 640. The summed E-state index contributed by atoms with van der Waals surface area (Å²) in [5, 5.41) is 9.37. The lowest BCUT2D eigenvalue weighted by molar-refractivity contribution is 0.102. The minimum Gasteiger partial charge on any atom is -0.307 e. The Hall–Kier alpha value is -1.62. The van der Waals surface area contributed by atoms with E-state index in [0.29, 0.717) is 5.92 Å². The molecule has 1 N–H and O–H groups in total. The molecule has 0 bridgehead atoms. The molecule has 5 heteroatoms. The summed E-state index contributed by atoms with van der Waals surface area (Å²) >= 11 is 1.63. The molecule has 4 nitrogen and oxygen atoms in total. The normalized spacial score (nSPS) is 11.1. The zero-order chi connectivity index (χ0) is 15.6. The van der Waals surface area contributed by atoms with Crippen molar-refractivity contribution in [1.82, 2.24) is 9.78 Å². The standard InChI is InChI=1S/C16H23N3OS/c1-6-13-11(4)21-9-14(13)16(20)17-15-8-12(7-10(2)3)18-19(15)5/h8-10H,6-7H2,1-5H3,(H,17,20). The van der Waals surface area contributed by atoms with Gasteiger partial charge in [-0.3, -0.25) is 9.48 Å². The lowest BCUT2D eigenvalue weighted by atomic mass is 10.1. The van der Waals surface area contributed by atoms with Crippen LogP contribution in [-0.2, 0) is 19.9 Å². The van der Waals surface area contributed by atoms with Crippen LogP contribution in [0.5, 0.6) is 0 Å². The second-order valence-electron chi connectivity index (χ2n) is 5.73. The van der Waals surface area contributed by atoms with E-state index >= 15 is 0 Å². The number of nitrogens with one attached hydrogen (secondary N) is 1. The van der Waals surface area contributed by atoms with Crippen molar-refractivity contribution in [2.45, 2.75) is 40.5 Å². The van der Waals surface area contributed by atoms with Crippen LogP contribution in [0.1, 0.15) is 47.3 Å². The molecule has 0 radical (unpaired) electrons. The summed E-state index contributed by atoms with van der Waals surface area (Å²) in [5.41, 5.74) is 2.94. The number of nitrogens with zero attached hydrogens (tertiary/aromatic N) is 2. The molecule has 21 heavy (non-hydrogen) atoms. The van der Waals surface area contributed by atoms with Crippen molar-refractivity contribution in [2.75, 3.05) is 5.32 Å². The van der Waals surface area contributed by atoms with E-state index < -0.39 is 0 Å². The SMILES string of the molecule is CCc1c(C(=O)Nc2cc(CC(C)C)nn2C)csc1C. The third-order valence-electron chi connectivity index (χ3n) is 3.49. The number of amides is 1. The molecule has 0 aliphatic rings. The lowest BCUT2D eigenvalue weighted by Crippen LogP contribution is -2.15. The number of aromatic nitrogens is 2. The number of thiophene rings is 1. The van der Waals surface area contributed by atoms with Crippen LogP contribution in [0.15, 0.2) is 11.4 Å². The van der Waals surface area contributed by atoms with Gasteiger partial charge in [0.05, 0.1) is 11.3 Å². The van der Waals surface area contributed by atoms with Crippen LogP contribution in [-0.4, -0.2) is 15.7 Å². The van der Waals surface area contributed by atoms with Crippen LogP contribution >= 0.6 is 11.3 Å². The molecule has 114 valence electrons. The number of anilines is 1. The van der Waals surface area contributed by atoms with Gasteiger partial charge in [-0.2, -0.15) is 5.10 Å². The van der Waals surface area contributed by atoms with Gasteiger partial charge in [0.2, 0.25) is 0 Å². The Kier molecular flexibility index (Phi) is 4.83. The maximum absolute atomic E-state index is 12.4. The Morgan fingerprint density at radius 3 is 2.81 bits per heavy atom. The van der Waals surface area contributed by atoms with Gasteiger partial charge in [0.15, 0.2) is 0 Å². The van der Waals surface area contributed by atoms with Crippen LogP contribution in [0.3, 0.4) is 0 Å². The van der Waals surface area contributed by atoms with Crippen molar-refractivity contribution < 1.29 is 4.79 Å².